The van der Waals surface area contributed by atoms with Crippen LogP contribution in [0.15, 0.2) is 255 Å². The Bertz CT molecular complexity index is 4210. The van der Waals surface area contributed by atoms with Gasteiger partial charge in [-0.2, -0.15) is 0 Å². The van der Waals surface area contributed by atoms with Gasteiger partial charge in [-0.15, -0.1) is 0 Å². The average molecular weight is 875 g/mol. The lowest BCUT2D eigenvalue weighted by atomic mass is 9.86. The number of hydrogen-bond donors (Lipinski definition) is 0. The Labute approximate surface area is 399 Å². The fourth-order valence-electron chi connectivity index (χ4n) is 11.4. The van der Waals surface area contributed by atoms with Gasteiger partial charge in [0, 0.05) is 22.0 Å². The Balaban J connectivity index is 0.978. The number of nitrogens with zero attached hydrogens (tertiary/aromatic N) is 2. The van der Waals surface area contributed by atoms with Gasteiger partial charge >= 0.3 is 0 Å². The van der Waals surface area contributed by atoms with Crippen molar-refractivity contribution in [3.8, 4) is 61.6 Å². The first-order chi connectivity index (χ1) is 34.3. The quantitative estimate of drug-likeness (QED) is 0.120. The van der Waals surface area contributed by atoms with Crippen molar-refractivity contribution in [3.63, 3.8) is 0 Å². The summed E-state index contributed by atoms with van der Waals surface area (Å²) in [6.07, 6.45) is 0. The summed E-state index contributed by atoms with van der Waals surface area (Å²) >= 11 is 0. The van der Waals surface area contributed by atoms with Crippen molar-refractivity contribution in [2.45, 2.75) is 0 Å². The molecule has 0 unspecified atom stereocenters. The molecule has 0 fully saturated rings. The molecular formula is C67H42N2. The molecule has 0 saturated heterocycles. The van der Waals surface area contributed by atoms with Gasteiger partial charge in [0.25, 0.3) is 0 Å². The number of rotatable bonds is 6. The maximum absolute atomic E-state index is 5.65. The molecule has 0 radical (unpaired) electrons. The molecule has 0 bridgehead atoms. The van der Waals surface area contributed by atoms with Crippen LogP contribution >= 0.6 is 0 Å². The van der Waals surface area contributed by atoms with Crippen molar-refractivity contribution < 1.29 is 0 Å². The van der Waals surface area contributed by atoms with Crippen LogP contribution < -0.4 is 0 Å². The predicted octanol–water partition coefficient (Wildman–Crippen LogP) is 18.3. The van der Waals surface area contributed by atoms with Gasteiger partial charge in [0.05, 0.1) is 11.0 Å². The van der Waals surface area contributed by atoms with Crippen molar-refractivity contribution in [1.29, 1.82) is 0 Å². The van der Waals surface area contributed by atoms with E-state index in [0.29, 0.717) is 0 Å². The lowest BCUT2D eigenvalue weighted by molar-refractivity contribution is 1.11. The second-order valence-electron chi connectivity index (χ2n) is 18.1. The third-order valence-corrected chi connectivity index (χ3v) is 14.4. The lowest BCUT2D eigenvalue weighted by Gasteiger charge is -2.18. The van der Waals surface area contributed by atoms with Crippen LogP contribution in [0.25, 0.3) is 137 Å². The summed E-state index contributed by atoms with van der Waals surface area (Å²) in [5.74, 6) is 0.906. The number of hydrogen-bond acceptors (Lipinski definition) is 1. The molecule has 0 N–H and O–H groups in total. The minimum atomic E-state index is 0.906. The van der Waals surface area contributed by atoms with Crippen LogP contribution in [0.1, 0.15) is 0 Å². The minimum absolute atomic E-state index is 0.906. The first kappa shape index (κ1) is 39.1. The summed E-state index contributed by atoms with van der Waals surface area (Å²) in [4.78, 5) is 5.65. The molecule has 0 atom stereocenters. The minimum Gasteiger partial charge on any atom is -0.292 e. The Morgan fingerprint density at radius 3 is 0.884 bits per heavy atom. The van der Waals surface area contributed by atoms with Crippen LogP contribution in [0.3, 0.4) is 0 Å². The van der Waals surface area contributed by atoms with Crippen molar-refractivity contribution in [2.24, 2.45) is 0 Å². The van der Waals surface area contributed by atoms with Gasteiger partial charge < -0.3 is 0 Å². The van der Waals surface area contributed by atoms with Gasteiger partial charge in [0.2, 0.25) is 0 Å². The predicted molar refractivity (Wildman–Crippen MR) is 293 cm³/mol. The number of imidazole rings is 1. The van der Waals surface area contributed by atoms with Crippen LogP contribution in [-0.4, -0.2) is 9.55 Å². The smallest absolute Gasteiger partial charge is 0.145 e. The molecule has 14 aromatic rings. The van der Waals surface area contributed by atoms with Gasteiger partial charge in [-0.05, 0) is 111 Å². The molecule has 0 saturated carbocycles. The standard InChI is InChI=1S/C67H42N2/c1-3-19-43(20-4-1)61-51-25-9-13-29-55(51)63(56-30-14-10-26-52(56)61)45-35-37-47(38-36-45)67-68-65-59-33-17-7-23-49(59)50-24-8-18-34-60(50)66(65)69(67)48-41-39-46(40-42-48)64-57-31-15-11-27-53(57)62(44-21-5-2-6-22-44)54-28-12-16-32-58(54)64/h1-42H. The lowest BCUT2D eigenvalue weighted by Crippen LogP contribution is -1.99. The highest BCUT2D eigenvalue weighted by Gasteiger charge is 2.23. The van der Waals surface area contributed by atoms with E-state index >= 15 is 0 Å². The van der Waals surface area contributed by atoms with E-state index in [4.69, 9.17) is 4.98 Å². The van der Waals surface area contributed by atoms with Gasteiger partial charge in [-0.3, -0.25) is 4.57 Å². The number of fused-ring (bicyclic) bond motifs is 10. The van der Waals surface area contributed by atoms with E-state index in [1.54, 1.807) is 0 Å². The Morgan fingerprint density at radius 2 is 0.493 bits per heavy atom. The first-order valence-corrected chi connectivity index (χ1v) is 23.8. The average Bonchev–Trinajstić information content (AvgIpc) is 3.84. The van der Waals surface area contributed by atoms with Crippen molar-refractivity contribution >= 4 is 75.7 Å². The molecule has 2 nitrogen and oxygen atoms in total. The van der Waals surface area contributed by atoms with E-state index in [0.717, 1.165) is 33.5 Å². The summed E-state index contributed by atoms with van der Waals surface area (Å²) in [7, 11) is 0. The van der Waals surface area contributed by atoms with Crippen LogP contribution in [0, 0.1) is 0 Å². The Morgan fingerprint density at radius 1 is 0.217 bits per heavy atom. The van der Waals surface area contributed by atoms with E-state index in [9.17, 15) is 0 Å². The molecule has 0 aliphatic rings. The normalized spacial score (nSPS) is 11.8. The molecule has 14 rings (SSSR count). The second-order valence-corrected chi connectivity index (χ2v) is 18.1. The summed E-state index contributed by atoms with van der Waals surface area (Å²) in [6.45, 7) is 0. The van der Waals surface area contributed by atoms with E-state index in [1.807, 2.05) is 0 Å². The van der Waals surface area contributed by atoms with Crippen molar-refractivity contribution in [1.82, 2.24) is 9.55 Å². The molecule has 2 heteroatoms. The van der Waals surface area contributed by atoms with Crippen LogP contribution in [0.4, 0.5) is 0 Å². The molecule has 0 amide bonds. The first-order valence-electron chi connectivity index (χ1n) is 23.8. The van der Waals surface area contributed by atoms with Crippen LogP contribution in [-0.2, 0) is 0 Å². The van der Waals surface area contributed by atoms with E-state index in [-0.39, 0.29) is 0 Å². The third-order valence-electron chi connectivity index (χ3n) is 14.4. The molecule has 0 aliphatic carbocycles. The van der Waals surface area contributed by atoms with Gasteiger partial charge in [0.1, 0.15) is 5.82 Å². The highest BCUT2D eigenvalue weighted by atomic mass is 15.1. The van der Waals surface area contributed by atoms with Gasteiger partial charge in [0.15, 0.2) is 0 Å². The Hall–Kier alpha value is -9.11. The van der Waals surface area contributed by atoms with E-state index < -0.39 is 0 Å². The Kier molecular flexibility index (Phi) is 8.93. The number of benzene rings is 13. The highest BCUT2D eigenvalue weighted by Crippen LogP contribution is 2.47. The SMILES string of the molecule is c1ccc(-c2c3ccccc3c(-c3ccc(-c4nc5c6ccccc6c6ccccc6c5n4-c4ccc(-c5c6ccccc6c(-c6ccccc6)c6ccccc56)cc4)cc3)c3ccccc23)cc1. The zero-order chi connectivity index (χ0) is 45.4. The fraction of sp³-hybridized carbons (Fsp3) is 0. The largest absolute Gasteiger partial charge is 0.292 e. The molecule has 1 aromatic heterocycles. The maximum Gasteiger partial charge on any atom is 0.145 e. The third kappa shape index (κ3) is 6.09. The topological polar surface area (TPSA) is 17.8 Å². The molecule has 0 aliphatic heterocycles. The molecule has 320 valence electrons. The molecular weight excluding hydrogens is 833 g/mol. The monoisotopic (exact) mass is 874 g/mol. The molecule has 1 heterocycles. The van der Waals surface area contributed by atoms with Crippen molar-refractivity contribution in [2.75, 3.05) is 0 Å². The zero-order valence-electron chi connectivity index (χ0n) is 37.6. The summed E-state index contributed by atoms with van der Waals surface area (Å²) in [5, 5.41) is 14.7. The maximum atomic E-state index is 5.65. The summed E-state index contributed by atoms with van der Waals surface area (Å²) < 4.78 is 2.40. The molecule has 69 heavy (non-hydrogen) atoms. The molecule has 13 aromatic carbocycles. The highest BCUT2D eigenvalue weighted by molar-refractivity contribution is 6.25. The van der Waals surface area contributed by atoms with Gasteiger partial charge in [-0.1, -0.05) is 243 Å². The van der Waals surface area contributed by atoms with Crippen molar-refractivity contribution in [3.05, 3.63) is 255 Å². The fourth-order valence-corrected chi connectivity index (χ4v) is 11.4. The molecule has 0 spiro atoms. The summed E-state index contributed by atoms with van der Waals surface area (Å²) in [5.41, 5.74) is 14.0. The van der Waals surface area contributed by atoms with Crippen LogP contribution in [0.5, 0.6) is 0 Å². The zero-order valence-corrected chi connectivity index (χ0v) is 37.6. The van der Waals surface area contributed by atoms with Crippen LogP contribution in [0.2, 0.25) is 0 Å². The van der Waals surface area contributed by atoms with Gasteiger partial charge in [-0.25, -0.2) is 4.98 Å². The van der Waals surface area contributed by atoms with E-state index in [2.05, 4.69) is 259 Å². The summed E-state index contributed by atoms with van der Waals surface area (Å²) in [6, 6.07) is 93.0. The number of aromatic nitrogens is 2. The van der Waals surface area contributed by atoms with E-state index in [1.165, 1.54) is 104 Å². The second kappa shape index (κ2) is 15.8.